The van der Waals surface area contributed by atoms with Gasteiger partial charge in [0.1, 0.15) is 0 Å². The van der Waals surface area contributed by atoms with E-state index in [-0.39, 0.29) is 11.8 Å². The molecule has 1 nitrogen and oxygen atoms in total. The van der Waals surface area contributed by atoms with Crippen molar-refractivity contribution < 1.29 is 0 Å². The lowest BCUT2D eigenvalue weighted by Gasteiger charge is -2.27. The summed E-state index contributed by atoms with van der Waals surface area (Å²) in [4.78, 5) is 0. The molecule has 0 saturated heterocycles. The fourth-order valence-electron chi connectivity index (χ4n) is 5.32. The Morgan fingerprint density at radius 2 is 0.750 bits per heavy atom. The van der Waals surface area contributed by atoms with Crippen molar-refractivity contribution in [2.24, 2.45) is 0 Å². The van der Waals surface area contributed by atoms with Crippen LogP contribution in [0, 0.1) is 0 Å². The topological polar surface area (TPSA) is 26.0 Å². The first kappa shape index (κ1) is 23.6. The van der Waals surface area contributed by atoms with Crippen molar-refractivity contribution in [3.05, 3.63) is 172 Å². The van der Waals surface area contributed by atoms with Crippen molar-refractivity contribution in [1.29, 1.82) is 0 Å². The van der Waals surface area contributed by atoms with E-state index in [1.807, 2.05) is 0 Å². The second-order valence-corrected chi connectivity index (χ2v) is 9.78. The highest BCUT2D eigenvalue weighted by Gasteiger charge is 2.25. The Labute approximate surface area is 215 Å². The summed E-state index contributed by atoms with van der Waals surface area (Å²) in [5.41, 5.74) is 16.6. The van der Waals surface area contributed by atoms with Crippen LogP contribution in [0.15, 0.2) is 133 Å². The zero-order chi connectivity index (χ0) is 24.9. The summed E-state index contributed by atoms with van der Waals surface area (Å²) in [6, 6.07) is 47.8. The van der Waals surface area contributed by atoms with Gasteiger partial charge in [-0.25, -0.2) is 0 Å². The fourth-order valence-corrected chi connectivity index (χ4v) is 5.32. The lowest BCUT2D eigenvalue weighted by molar-refractivity contribution is 0.850. The Bertz CT molecular complexity index is 1310. The van der Waals surface area contributed by atoms with E-state index in [0.29, 0.717) is 5.92 Å². The summed E-state index contributed by atoms with van der Waals surface area (Å²) >= 11 is 0. The summed E-state index contributed by atoms with van der Waals surface area (Å²) in [5.74, 6) is 0.483. The van der Waals surface area contributed by atoms with Crippen LogP contribution >= 0.6 is 0 Å². The zero-order valence-corrected chi connectivity index (χ0v) is 21.0. The lowest BCUT2D eigenvalue weighted by atomic mass is 9.77. The molecule has 0 radical (unpaired) electrons. The van der Waals surface area contributed by atoms with E-state index in [9.17, 15) is 0 Å². The summed E-state index contributed by atoms with van der Waals surface area (Å²) in [5, 5.41) is 0. The van der Waals surface area contributed by atoms with Crippen molar-refractivity contribution in [3.8, 4) is 0 Å². The predicted octanol–water partition coefficient (Wildman–Crippen LogP) is 8.75. The second-order valence-electron chi connectivity index (χ2n) is 9.78. The molecule has 5 rings (SSSR count). The second kappa shape index (κ2) is 10.7. The van der Waals surface area contributed by atoms with Crippen LogP contribution in [0.5, 0.6) is 0 Å². The minimum Gasteiger partial charge on any atom is -0.398 e. The van der Waals surface area contributed by atoms with E-state index in [1.165, 1.54) is 38.9 Å². The van der Waals surface area contributed by atoms with E-state index in [2.05, 4.69) is 147 Å². The third-order valence-electron chi connectivity index (χ3n) is 7.06. The fraction of sp³-hybridized carbons (Fsp3) is 0.143. The van der Waals surface area contributed by atoms with Gasteiger partial charge in [0.25, 0.3) is 0 Å². The zero-order valence-electron chi connectivity index (χ0n) is 21.0. The normalized spacial score (nSPS) is 11.4. The highest BCUT2D eigenvalue weighted by molar-refractivity contribution is 5.64. The third kappa shape index (κ3) is 4.83. The Morgan fingerprint density at radius 1 is 0.417 bits per heavy atom. The van der Waals surface area contributed by atoms with Crippen LogP contribution in [0.2, 0.25) is 0 Å². The van der Waals surface area contributed by atoms with Gasteiger partial charge in [0, 0.05) is 17.5 Å². The summed E-state index contributed by atoms with van der Waals surface area (Å²) in [7, 11) is 0. The first-order valence-electron chi connectivity index (χ1n) is 12.8. The van der Waals surface area contributed by atoms with Crippen LogP contribution in [0.3, 0.4) is 0 Å². The summed E-state index contributed by atoms with van der Waals surface area (Å²) in [6.07, 6.45) is 0. The van der Waals surface area contributed by atoms with Crippen LogP contribution in [-0.4, -0.2) is 0 Å². The molecule has 0 amide bonds. The van der Waals surface area contributed by atoms with Gasteiger partial charge >= 0.3 is 0 Å². The molecule has 5 aromatic carbocycles. The molecule has 0 aliphatic heterocycles. The minimum atomic E-state index is 0.0528. The van der Waals surface area contributed by atoms with Gasteiger partial charge in [0.2, 0.25) is 0 Å². The van der Waals surface area contributed by atoms with Gasteiger partial charge in [-0.2, -0.15) is 0 Å². The average molecular weight is 468 g/mol. The maximum atomic E-state index is 7.01. The average Bonchev–Trinajstić information content (AvgIpc) is 2.93. The maximum Gasteiger partial charge on any atom is 0.0391 e. The van der Waals surface area contributed by atoms with Gasteiger partial charge in [-0.15, -0.1) is 0 Å². The first-order chi connectivity index (χ1) is 17.6. The molecule has 0 aliphatic carbocycles. The molecule has 0 unspecified atom stereocenters. The predicted molar refractivity (Wildman–Crippen MR) is 153 cm³/mol. The van der Waals surface area contributed by atoms with Gasteiger partial charge in [0.15, 0.2) is 0 Å². The molecule has 0 aromatic heterocycles. The monoisotopic (exact) mass is 467 g/mol. The summed E-state index contributed by atoms with van der Waals surface area (Å²) in [6.45, 7) is 4.47. The standard InChI is InChI=1S/C35H33N/c1-25(2)31-23-30(33(26-15-7-3-8-16-26)27-17-9-4-10-18-27)24-32(35(31)36)34(28-19-11-5-12-20-28)29-21-13-6-14-22-29/h3-25,33-34H,36H2,1-2H3. The van der Waals surface area contributed by atoms with Gasteiger partial charge < -0.3 is 5.73 Å². The minimum absolute atomic E-state index is 0.0528. The molecule has 1 heteroatoms. The van der Waals surface area contributed by atoms with E-state index in [1.54, 1.807) is 0 Å². The molecule has 36 heavy (non-hydrogen) atoms. The van der Waals surface area contributed by atoms with Crippen LogP contribution in [0.25, 0.3) is 0 Å². The maximum absolute atomic E-state index is 7.01. The highest BCUT2D eigenvalue weighted by atomic mass is 14.6. The van der Waals surface area contributed by atoms with Crippen LogP contribution in [0.4, 0.5) is 5.69 Å². The SMILES string of the molecule is CC(C)c1cc(C(c2ccccc2)c2ccccc2)cc(C(c2ccccc2)c2ccccc2)c1N. The smallest absolute Gasteiger partial charge is 0.0391 e. The number of rotatable bonds is 7. The van der Waals surface area contributed by atoms with Crippen molar-refractivity contribution in [2.75, 3.05) is 5.73 Å². The molecule has 0 heterocycles. The Kier molecular flexibility index (Phi) is 7.00. The first-order valence-corrected chi connectivity index (χ1v) is 12.8. The molecule has 0 bridgehead atoms. The van der Waals surface area contributed by atoms with Gasteiger partial charge in [-0.3, -0.25) is 0 Å². The van der Waals surface area contributed by atoms with Crippen molar-refractivity contribution in [1.82, 2.24) is 0 Å². The molecule has 0 aliphatic rings. The Balaban J connectivity index is 1.78. The lowest BCUT2D eigenvalue weighted by Crippen LogP contribution is -2.12. The number of nitrogen functional groups attached to an aromatic ring is 1. The number of nitrogens with two attached hydrogens (primary N) is 1. The van der Waals surface area contributed by atoms with E-state index < -0.39 is 0 Å². The third-order valence-corrected chi connectivity index (χ3v) is 7.06. The Morgan fingerprint density at radius 3 is 1.11 bits per heavy atom. The number of hydrogen-bond acceptors (Lipinski definition) is 1. The summed E-state index contributed by atoms with van der Waals surface area (Å²) < 4.78 is 0. The van der Waals surface area contributed by atoms with Crippen molar-refractivity contribution >= 4 is 5.69 Å². The Hall–Kier alpha value is -4.10. The van der Waals surface area contributed by atoms with Gasteiger partial charge in [-0.1, -0.05) is 147 Å². The molecule has 0 fully saturated rings. The largest absolute Gasteiger partial charge is 0.398 e. The van der Waals surface area contributed by atoms with Crippen LogP contribution < -0.4 is 5.73 Å². The van der Waals surface area contributed by atoms with Crippen LogP contribution in [0.1, 0.15) is 70.5 Å². The molecule has 0 atom stereocenters. The molecular weight excluding hydrogens is 434 g/mol. The van der Waals surface area contributed by atoms with E-state index in [4.69, 9.17) is 5.73 Å². The number of anilines is 1. The van der Waals surface area contributed by atoms with Crippen molar-refractivity contribution in [3.63, 3.8) is 0 Å². The van der Waals surface area contributed by atoms with Crippen LogP contribution in [-0.2, 0) is 0 Å². The molecular formula is C35H33N. The number of hydrogen-bond donors (Lipinski definition) is 1. The molecule has 0 spiro atoms. The van der Waals surface area contributed by atoms with Gasteiger partial charge in [0.05, 0.1) is 0 Å². The van der Waals surface area contributed by atoms with Crippen molar-refractivity contribution in [2.45, 2.75) is 31.6 Å². The molecule has 5 aromatic rings. The molecule has 178 valence electrons. The van der Waals surface area contributed by atoms with E-state index >= 15 is 0 Å². The highest BCUT2D eigenvalue weighted by Crippen LogP contribution is 2.42. The number of benzene rings is 5. The van der Waals surface area contributed by atoms with E-state index in [0.717, 1.165) is 5.69 Å². The molecule has 2 N–H and O–H groups in total. The quantitative estimate of drug-likeness (QED) is 0.188. The van der Waals surface area contributed by atoms with Gasteiger partial charge in [-0.05, 0) is 44.9 Å². The molecule has 0 saturated carbocycles.